The first-order chi connectivity index (χ1) is 8.06. The summed E-state index contributed by atoms with van der Waals surface area (Å²) in [6.07, 6.45) is 0. The minimum atomic E-state index is -0.202. The van der Waals surface area contributed by atoms with Crippen molar-refractivity contribution in [1.82, 2.24) is 0 Å². The third-order valence-electron chi connectivity index (χ3n) is 2.43. The predicted molar refractivity (Wildman–Crippen MR) is 73.0 cm³/mol. The normalized spacial score (nSPS) is 10.3. The summed E-state index contributed by atoms with van der Waals surface area (Å²) < 4.78 is 14.0. The van der Waals surface area contributed by atoms with E-state index in [1.807, 2.05) is 18.2 Å². The summed E-state index contributed by atoms with van der Waals surface area (Å²) in [6, 6.07) is 10.4. The topological polar surface area (TPSA) is 38.0 Å². The van der Waals surface area contributed by atoms with Gasteiger partial charge in [0.1, 0.15) is 5.82 Å². The Labute approximate surface area is 108 Å². The smallest absolute Gasteiger partial charge is 0.126 e. The first-order valence-corrected chi connectivity index (χ1v) is 5.94. The van der Waals surface area contributed by atoms with Crippen LogP contribution in [0.3, 0.4) is 0 Å². The molecule has 2 aromatic rings. The fourth-order valence-electron chi connectivity index (χ4n) is 1.51. The molecule has 17 heavy (non-hydrogen) atoms. The minimum absolute atomic E-state index is 0.202. The Kier molecular flexibility index (Phi) is 3.33. The van der Waals surface area contributed by atoms with Gasteiger partial charge in [-0.2, -0.15) is 0 Å². The van der Waals surface area contributed by atoms with E-state index in [0.717, 1.165) is 15.8 Å². The van der Waals surface area contributed by atoms with E-state index in [0.29, 0.717) is 11.3 Å². The maximum absolute atomic E-state index is 13.1. The van der Waals surface area contributed by atoms with E-state index >= 15 is 0 Å². The van der Waals surface area contributed by atoms with Crippen LogP contribution in [0.25, 0.3) is 0 Å². The lowest BCUT2D eigenvalue weighted by atomic mass is 10.2. The molecule has 0 aliphatic carbocycles. The number of anilines is 3. The highest BCUT2D eigenvalue weighted by molar-refractivity contribution is 9.10. The van der Waals surface area contributed by atoms with Crippen molar-refractivity contribution in [3.8, 4) is 0 Å². The maximum Gasteiger partial charge on any atom is 0.126 e. The molecule has 2 aromatic carbocycles. The van der Waals surface area contributed by atoms with Crippen LogP contribution in [-0.2, 0) is 0 Å². The van der Waals surface area contributed by atoms with Crippen LogP contribution in [0, 0.1) is 12.7 Å². The van der Waals surface area contributed by atoms with Crippen molar-refractivity contribution < 1.29 is 4.39 Å². The van der Waals surface area contributed by atoms with E-state index in [9.17, 15) is 4.39 Å². The lowest BCUT2D eigenvalue weighted by molar-refractivity contribution is 0.619. The molecular formula is C13H12BrFN2. The molecule has 4 heteroatoms. The largest absolute Gasteiger partial charge is 0.399 e. The van der Waals surface area contributed by atoms with E-state index in [1.165, 1.54) is 6.07 Å². The maximum atomic E-state index is 13.1. The second-order valence-electron chi connectivity index (χ2n) is 3.83. The standard InChI is InChI=1S/C13H12BrFN2/c1-8-6-10(3-4-12(8)15)17-13-5-2-9(16)7-11(13)14/h2-7,17H,16H2,1H3. The van der Waals surface area contributed by atoms with Crippen molar-refractivity contribution in [3.63, 3.8) is 0 Å². The number of nitrogens with one attached hydrogen (secondary N) is 1. The van der Waals surface area contributed by atoms with Gasteiger partial charge in [-0.1, -0.05) is 0 Å². The summed E-state index contributed by atoms with van der Waals surface area (Å²) in [5.74, 6) is -0.202. The van der Waals surface area contributed by atoms with E-state index in [2.05, 4.69) is 21.2 Å². The lowest BCUT2D eigenvalue weighted by Crippen LogP contribution is -1.94. The molecule has 0 radical (unpaired) electrons. The van der Waals surface area contributed by atoms with Crippen LogP contribution in [0.4, 0.5) is 21.5 Å². The summed E-state index contributed by atoms with van der Waals surface area (Å²) in [4.78, 5) is 0. The molecule has 0 bridgehead atoms. The van der Waals surface area contributed by atoms with Crippen LogP contribution in [0.2, 0.25) is 0 Å². The molecule has 0 aliphatic heterocycles. The molecule has 0 aromatic heterocycles. The van der Waals surface area contributed by atoms with E-state index in [4.69, 9.17) is 5.73 Å². The Bertz CT molecular complexity index is 555. The number of nitrogen functional groups attached to an aromatic ring is 1. The number of rotatable bonds is 2. The summed E-state index contributed by atoms with van der Waals surface area (Å²) in [5, 5.41) is 3.20. The first kappa shape index (κ1) is 11.9. The fourth-order valence-corrected chi connectivity index (χ4v) is 2.01. The number of aryl methyl sites for hydroxylation is 1. The van der Waals surface area contributed by atoms with E-state index in [-0.39, 0.29) is 5.82 Å². The monoisotopic (exact) mass is 294 g/mol. The molecule has 88 valence electrons. The van der Waals surface area contributed by atoms with Crippen LogP contribution in [0.5, 0.6) is 0 Å². The third kappa shape index (κ3) is 2.77. The van der Waals surface area contributed by atoms with Gasteiger partial charge in [0.05, 0.1) is 5.69 Å². The van der Waals surface area contributed by atoms with E-state index < -0.39 is 0 Å². The Morgan fingerprint density at radius 2 is 1.94 bits per heavy atom. The summed E-state index contributed by atoms with van der Waals surface area (Å²) in [7, 11) is 0. The minimum Gasteiger partial charge on any atom is -0.399 e. The van der Waals surface area contributed by atoms with Crippen molar-refractivity contribution in [2.45, 2.75) is 6.92 Å². The van der Waals surface area contributed by atoms with Gasteiger partial charge >= 0.3 is 0 Å². The van der Waals surface area contributed by atoms with Crippen LogP contribution in [-0.4, -0.2) is 0 Å². The number of hydrogen-bond acceptors (Lipinski definition) is 2. The zero-order valence-electron chi connectivity index (χ0n) is 9.30. The van der Waals surface area contributed by atoms with Crippen LogP contribution in [0.1, 0.15) is 5.56 Å². The third-order valence-corrected chi connectivity index (χ3v) is 3.09. The van der Waals surface area contributed by atoms with Crippen molar-refractivity contribution in [3.05, 3.63) is 52.3 Å². The van der Waals surface area contributed by atoms with Gasteiger partial charge < -0.3 is 11.1 Å². The van der Waals surface area contributed by atoms with Crippen molar-refractivity contribution in [2.75, 3.05) is 11.1 Å². The molecule has 0 unspecified atom stereocenters. The first-order valence-electron chi connectivity index (χ1n) is 5.14. The summed E-state index contributed by atoms with van der Waals surface area (Å²) >= 11 is 3.42. The van der Waals surface area contributed by atoms with Gasteiger partial charge in [0.25, 0.3) is 0 Å². The molecule has 3 N–H and O–H groups in total. The van der Waals surface area contributed by atoms with Gasteiger partial charge in [-0.15, -0.1) is 0 Å². The quantitative estimate of drug-likeness (QED) is 0.814. The molecule has 0 heterocycles. The molecule has 0 saturated carbocycles. The van der Waals surface area contributed by atoms with Gasteiger partial charge in [0.15, 0.2) is 0 Å². The van der Waals surface area contributed by atoms with Gasteiger partial charge in [0.2, 0.25) is 0 Å². The number of halogens is 2. The van der Waals surface area contributed by atoms with Crippen LogP contribution in [0.15, 0.2) is 40.9 Å². The highest BCUT2D eigenvalue weighted by Crippen LogP contribution is 2.28. The van der Waals surface area contributed by atoms with Gasteiger partial charge in [-0.05, 0) is 64.8 Å². The average Bonchev–Trinajstić information content (AvgIpc) is 2.27. The molecule has 0 saturated heterocycles. The number of hydrogen-bond donors (Lipinski definition) is 2. The Morgan fingerprint density at radius 3 is 2.59 bits per heavy atom. The van der Waals surface area contributed by atoms with Gasteiger partial charge in [-0.3, -0.25) is 0 Å². The van der Waals surface area contributed by atoms with Crippen molar-refractivity contribution in [2.24, 2.45) is 0 Å². The summed E-state index contributed by atoms with van der Waals surface area (Å²) in [6.45, 7) is 1.73. The number of benzene rings is 2. The average molecular weight is 295 g/mol. The molecule has 0 aliphatic rings. The molecule has 0 atom stereocenters. The molecule has 0 fully saturated rings. The molecule has 0 amide bonds. The molecular weight excluding hydrogens is 283 g/mol. The molecule has 2 nitrogen and oxygen atoms in total. The predicted octanol–water partition coefficient (Wildman–Crippen LogP) is 4.22. The summed E-state index contributed by atoms with van der Waals surface area (Å²) in [5.41, 5.74) is 8.70. The number of nitrogens with two attached hydrogens (primary N) is 1. The zero-order chi connectivity index (χ0) is 12.4. The van der Waals surface area contributed by atoms with Crippen LogP contribution < -0.4 is 11.1 Å². The lowest BCUT2D eigenvalue weighted by Gasteiger charge is -2.10. The Morgan fingerprint density at radius 1 is 1.18 bits per heavy atom. The highest BCUT2D eigenvalue weighted by atomic mass is 79.9. The highest BCUT2D eigenvalue weighted by Gasteiger charge is 2.02. The van der Waals surface area contributed by atoms with Crippen molar-refractivity contribution >= 4 is 33.0 Å². The van der Waals surface area contributed by atoms with Crippen LogP contribution >= 0.6 is 15.9 Å². The second kappa shape index (κ2) is 4.75. The molecule has 2 rings (SSSR count). The van der Waals surface area contributed by atoms with E-state index in [1.54, 1.807) is 19.1 Å². The zero-order valence-corrected chi connectivity index (χ0v) is 10.9. The Hall–Kier alpha value is -1.55. The van der Waals surface area contributed by atoms with Gasteiger partial charge in [-0.25, -0.2) is 4.39 Å². The molecule has 0 spiro atoms. The van der Waals surface area contributed by atoms with Gasteiger partial charge in [0, 0.05) is 15.8 Å². The Balaban J connectivity index is 2.28. The second-order valence-corrected chi connectivity index (χ2v) is 4.68. The fraction of sp³-hybridized carbons (Fsp3) is 0.0769. The SMILES string of the molecule is Cc1cc(Nc2ccc(N)cc2Br)ccc1F. The van der Waals surface area contributed by atoms with Crippen molar-refractivity contribution in [1.29, 1.82) is 0 Å².